The lowest BCUT2D eigenvalue weighted by atomic mass is 10.1. The molecule has 0 aliphatic carbocycles. The van der Waals surface area contributed by atoms with Crippen LogP contribution in [0.15, 0.2) is 67.0 Å². The number of carbonyl (C=O) groups excluding carboxylic acids is 2. The second kappa shape index (κ2) is 12.0. The van der Waals surface area contributed by atoms with E-state index in [1.165, 1.54) is 0 Å². The third-order valence-electron chi connectivity index (χ3n) is 5.58. The minimum absolute atomic E-state index is 0.00169. The van der Waals surface area contributed by atoms with Crippen molar-refractivity contribution in [1.82, 2.24) is 15.2 Å². The molecule has 1 aliphatic rings. The molecule has 2 amide bonds. The number of nitrogens with one attached hydrogen (secondary N) is 1. The zero-order chi connectivity index (χ0) is 24.5. The second-order valence-corrected chi connectivity index (χ2v) is 8.03. The van der Waals surface area contributed by atoms with Crippen LogP contribution in [0.3, 0.4) is 0 Å². The van der Waals surface area contributed by atoms with E-state index in [2.05, 4.69) is 10.3 Å². The predicted octanol–water partition coefficient (Wildman–Crippen LogP) is 3.46. The van der Waals surface area contributed by atoms with Crippen LogP contribution in [-0.2, 0) is 17.9 Å². The molecule has 4 rings (SSSR count). The molecule has 2 heterocycles. The highest BCUT2D eigenvalue weighted by Crippen LogP contribution is 2.29. The van der Waals surface area contributed by atoms with Gasteiger partial charge in [0.2, 0.25) is 0 Å². The SMILES string of the molecule is CCOc1cc(C(=O)NCc2ccc(C(=O)N3CCOCC3)cc2)ccc1OCc1cccnc1. The number of nitrogens with zero attached hydrogens (tertiary/aromatic N) is 2. The molecule has 1 N–H and O–H groups in total. The predicted molar refractivity (Wildman–Crippen MR) is 131 cm³/mol. The molecule has 0 radical (unpaired) electrons. The quantitative estimate of drug-likeness (QED) is 0.510. The fraction of sp³-hybridized carbons (Fsp3) is 0.296. The molecule has 0 saturated carbocycles. The van der Waals surface area contributed by atoms with Crippen LogP contribution in [0.25, 0.3) is 0 Å². The Kier molecular flexibility index (Phi) is 8.30. The summed E-state index contributed by atoms with van der Waals surface area (Å²) in [5.74, 6) is 0.846. The molecule has 2 aromatic carbocycles. The molecule has 1 saturated heterocycles. The molecule has 1 fully saturated rings. The summed E-state index contributed by atoms with van der Waals surface area (Å²) < 4.78 is 16.9. The van der Waals surface area contributed by atoms with E-state index in [4.69, 9.17) is 14.2 Å². The Morgan fingerprint density at radius 3 is 2.46 bits per heavy atom. The lowest BCUT2D eigenvalue weighted by Gasteiger charge is -2.26. The van der Waals surface area contributed by atoms with Crippen LogP contribution in [-0.4, -0.2) is 54.6 Å². The van der Waals surface area contributed by atoms with Crippen molar-refractivity contribution in [1.29, 1.82) is 0 Å². The van der Waals surface area contributed by atoms with Crippen LogP contribution in [0.2, 0.25) is 0 Å². The van der Waals surface area contributed by atoms with Crippen LogP contribution >= 0.6 is 0 Å². The maximum atomic E-state index is 12.8. The van der Waals surface area contributed by atoms with Crippen LogP contribution in [0.1, 0.15) is 38.8 Å². The van der Waals surface area contributed by atoms with Crippen molar-refractivity contribution in [3.05, 3.63) is 89.2 Å². The van der Waals surface area contributed by atoms with E-state index in [0.717, 1.165) is 11.1 Å². The highest BCUT2D eigenvalue weighted by molar-refractivity contribution is 5.95. The molecule has 182 valence electrons. The first kappa shape index (κ1) is 24.2. The van der Waals surface area contributed by atoms with E-state index in [1.54, 1.807) is 47.6 Å². The minimum atomic E-state index is -0.224. The molecule has 1 aliphatic heterocycles. The Bertz CT molecular complexity index is 1130. The summed E-state index contributed by atoms with van der Waals surface area (Å²) in [4.78, 5) is 31.2. The number of aromatic nitrogens is 1. The Balaban J connectivity index is 1.34. The number of morpholine rings is 1. The van der Waals surface area contributed by atoms with E-state index in [9.17, 15) is 9.59 Å². The van der Waals surface area contributed by atoms with Crippen molar-refractivity contribution in [2.75, 3.05) is 32.9 Å². The number of benzene rings is 2. The molecule has 0 atom stereocenters. The smallest absolute Gasteiger partial charge is 0.254 e. The highest BCUT2D eigenvalue weighted by Gasteiger charge is 2.18. The van der Waals surface area contributed by atoms with Crippen LogP contribution in [0, 0.1) is 0 Å². The molecule has 1 aromatic heterocycles. The number of hydrogen-bond donors (Lipinski definition) is 1. The van der Waals surface area contributed by atoms with Gasteiger partial charge in [0.1, 0.15) is 6.61 Å². The third kappa shape index (κ3) is 6.58. The van der Waals surface area contributed by atoms with Crippen molar-refractivity contribution in [2.45, 2.75) is 20.1 Å². The number of carbonyl (C=O) groups is 2. The standard InChI is InChI=1S/C27H29N3O5/c1-2-34-25-16-23(9-10-24(25)35-19-21-4-3-11-28-17-21)26(31)29-18-20-5-7-22(8-6-20)27(32)30-12-14-33-15-13-30/h3-11,16-17H,2,12-15,18-19H2,1H3,(H,29,31). The summed E-state index contributed by atoms with van der Waals surface area (Å²) in [6, 6.07) is 16.2. The zero-order valence-corrected chi connectivity index (χ0v) is 19.7. The van der Waals surface area contributed by atoms with Crippen LogP contribution in [0.4, 0.5) is 0 Å². The highest BCUT2D eigenvalue weighted by atomic mass is 16.5. The maximum Gasteiger partial charge on any atom is 0.254 e. The van der Waals surface area contributed by atoms with Crippen molar-refractivity contribution >= 4 is 11.8 Å². The van der Waals surface area contributed by atoms with Crippen molar-refractivity contribution in [2.24, 2.45) is 0 Å². The number of ether oxygens (including phenoxy) is 3. The van der Waals surface area contributed by atoms with E-state index in [-0.39, 0.29) is 11.8 Å². The van der Waals surface area contributed by atoms with E-state index in [0.29, 0.717) is 68.7 Å². The first-order chi connectivity index (χ1) is 17.1. The van der Waals surface area contributed by atoms with Crippen molar-refractivity contribution < 1.29 is 23.8 Å². The lowest BCUT2D eigenvalue weighted by Crippen LogP contribution is -2.40. The van der Waals surface area contributed by atoms with Crippen molar-refractivity contribution in [3.8, 4) is 11.5 Å². The lowest BCUT2D eigenvalue weighted by molar-refractivity contribution is 0.0303. The first-order valence-electron chi connectivity index (χ1n) is 11.7. The zero-order valence-electron chi connectivity index (χ0n) is 19.7. The number of hydrogen-bond acceptors (Lipinski definition) is 6. The summed E-state index contributed by atoms with van der Waals surface area (Å²) in [5, 5.41) is 2.92. The van der Waals surface area contributed by atoms with Gasteiger partial charge in [0.05, 0.1) is 19.8 Å². The van der Waals surface area contributed by atoms with Crippen LogP contribution in [0.5, 0.6) is 11.5 Å². The molecule has 8 heteroatoms. The second-order valence-electron chi connectivity index (χ2n) is 8.03. The van der Waals surface area contributed by atoms with Gasteiger partial charge in [-0.3, -0.25) is 14.6 Å². The molecular formula is C27H29N3O5. The molecule has 8 nitrogen and oxygen atoms in total. The number of pyridine rings is 1. The average molecular weight is 476 g/mol. The van der Waals surface area contributed by atoms with Gasteiger partial charge < -0.3 is 24.4 Å². The fourth-order valence-electron chi connectivity index (χ4n) is 3.68. The minimum Gasteiger partial charge on any atom is -0.490 e. The topological polar surface area (TPSA) is 90.0 Å². The summed E-state index contributed by atoms with van der Waals surface area (Å²) in [5.41, 5.74) is 2.94. The fourth-order valence-corrected chi connectivity index (χ4v) is 3.68. The molecule has 0 bridgehead atoms. The molecule has 3 aromatic rings. The normalized spacial score (nSPS) is 13.2. The number of rotatable bonds is 9. The van der Waals surface area contributed by atoms with Gasteiger partial charge in [-0.2, -0.15) is 0 Å². The Morgan fingerprint density at radius 1 is 0.971 bits per heavy atom. The molecule has 0 unspecified atom stereocenters. The van der Waals surface area contributed by atoms with Gasteiger partial charge in [-0.05, 0) is 48.9 Å². The largest absolute Gasteiger partial charge is 0.490 e. The van der Waals surface area contributed by atoms with Crippen LogP contribution < -0.4 is 14.8 Å². The maximum absolute atomic E-state index is 12.8. The van der Waals surface area contributed by atoms with E-state index < -0.39 is 0 Å². The van der Waals surface area contributed by atoms with Gasteiger partial charge in [0.25, 0.3) is 11.8 Å². The van der Waals surface area contributed by atoms with E-state index >= 15 is 0 Å². The first-order valence-corrected chi connectivity index (χ1v) is 11.7. The average Bonchev–Trinajstić information content (AvgIpc) is 2.92. The van der Waals surface area contributed by atoms with Gasteiger partial charge in [-0.1, -0.05) is 18.2 Å². The molecular weight excluding hydrogens is 446 g/mol. The van der Waals surface area contributed by atoms with Gasteiger partial charge in [0, 0.05) is 48.7 Å². The molecule has 35 heavy (non-hydrogen) atoms. The Hall–Kier alpha value is -3.91. The summed E-state index contributed by atoms with van der Waals surface area (Å²) >= 11 is 0. The third-order valence-corrected chi connectivity index (χ3v) is 5.58. The Labute approximate surface area is 204 Å². The summed E-state index contributed by atoms with van der Waals surface area (Å²) in [6.45, 7) is 5.37. The van der Waals surface area contributed by atoms with Gasteiger partial charge in [-0.15, -0.1) is 0 Å². The van der Waals surface area contributed by atoms with Gasteiger partial charge in [-0.25, -0.2) is 0 Å². The van der Waals surface area contributed by atoms with Crippen molar-refractivity contribution in [3.63, 3.8) is 0 Å². The van der Waals surface area contributed by atoms with E-state index in [1.807, 2.05) is 31.2 Å². The number of amides is 2. The Morgan fingerprint density at radius 2 is 1.74 bits per heavy atom. The van der Waals surface area contributed by atoms with Gasteiger partial charge in [0.15, 0.2) is 11.5 Å². The monoisotopic (exact) mass is 475 g/mol. The molecule has 0 spiro atoms. The summed E-state index contributed by atoms with van der Waals surface area (Å²) in [7, 11) is 0. The summed E-state index contributed by atoms with van der Waals surface area (Å²) in [6.07, 6.45) is 3.45. The van der Waals surface area contributed by atoms with Gasteiger partial charge >= 0.3 is 0 Å².